The lowest BCUT2D eigenvalue weighted by molar-refractivity contribution is -0.128. The molecule has 1 aliphatic rings. The average molecular weight is 537 g/mol. The minimum Gasteiger partial charge on any atom is -0.467 e. The number of nitrogens with zero attached hydrogens (tertiary/aromatic N) is 2. The molecule has 176 valence electrons. The van der Waals surface area contributed by atoms with Gasteiger partial charge >= 0.3 is 0 Å². The first kappa shape index (κ1) is 24.7. The van der Waals surface area contributed by atoms with E-state index in [1.54, 1.807) is 23.3 Å². The highest BCUT2D eigenvalue weighted by molar-refractivity contribution is 8.15. The van der Waals surface area contributed by atoms with Crippen molar-refractivity contribution in [3.63, 3.8) is 0 Å². The molecule has 2 heterocycles. The summed E-state index contributed by atoms with van der Waals surface area (Å²) in [5.41, 5.74) is 3.14. The molecule has 1 N–H and O–H groups in total. The quantitative estimate of drug-likeness (QED) is 0.344. The Kier molecular flexibility index (Phi) is 7.57. The Morgan fingerprint density at radius 1 is 1.12 bits per heavy atom. The molecule has 0 bridgehead atoms. The number of amidine groups is 1. The van der Waals surface area contributed by atoms with Crippen molar-refractivity contribution in [2.45, 2.75) is 32.1 Å². The van der Waals surface area contributed by atoms with Gasteiger partial charge in [0.2, 0.25) is 11.8 Å². The summed E-state index contributed by atoms with van der Waals surface area (Å²) >= 11 is 19.4. The number of hydrogen-bond donors (Lipinski definition) is 1. The molecule has 1 aliphatic heterocycles. The van der Waals surface area contributed by atoms with E-state index in [1.807, 2.05) is 32.0 Å². The number of furan rings is 1. The topological polar surface area (TPSA) is 74.9 Å². The Morgan fingerprint density at radius 2 is 1.88 bits per heavy atom. The number of nitrogens with one attached hydrogen (secondary N) is 1. The summed E-state index contributed by atoms with van der Waals surface area (Å²) in [6.45, 7) is 4.17. The average Bonchev–Trinajstić information content (AvgIpc) is 3.39. The number of benzene rings is 2. The number of aliphatic imine (C=N–C) groups is 1. The van der Waals surface area contributed by atoms with Crippen LogP contribution in [0.4, 0.5) is 11.4 Å². The Bertz CT molecular complexity index is 1280. The van der Waals surface area contributed by atoms with Gasteiger partial charge in [-0.25, -0.2) is 4.99 Å². The number of thioether (sulfide) groups is 1. The van der Waals surface area contributed by atoms with Gasteiger partial charge in [0, 0.05) is 6.42 Å². The molecule has 1 aromatic heterocycles. The fourth-order valence-corrected chi connectivity index (χ4v) is 5.10. The lowest BCUT2D eigenvalue weighted by atomic mass is 10.1. The van der Waals surface area contributed by atoms with E-state index in [2.05, 4.69) is 5.32 Å². The first-order chi connectivity index (χ1) is 16.2. The predicted octanol–water partition coefficient (Wildman–Crippen LogP) is 7.02. The molecule has 6 nitrogen and oxygen atoms in total. The van der Waals surface area contributed by atoms with Gasteiger partial charge in [-0.2, -0.15) is 0 Å². The fraction of sp³-hybridized carbons (Fsp3) is 0.208. The second-order valence-corrected chi connectivity index (χ2v) is 10.2. The van der Waals surface area contributed by atoms with E-state index in [1.165, 1.54) is 23.9 Å². The van der Waals surface area contributed by atoms with Crippen LogP contribution < -0.4 is 5.32 Å². The molecule has 2 aromatic carbocycles. The van der Waals surface area contributed by atoms with Crippen molar-refractivity contribution >= 4 is 74.9 Å². The maximum absolute atomic E-state index is 13.3. The highest BCUT2D eigenvalue weighted by atomic mass is 35.5. The van der Waals surface area contributed by atoms with Crippen molar-refractivity contribution in [2.24, 2.45) is 4.99 Å². The molecule has 0 spiro atoms. The molecule has 10 heteroatoms. The van der Waals surface area contributed by atoms with Crippen molar-refractivity contribution in [1.82, 2.24) is 4.90 Å². The number of aryl methyl sites for hydroxylation is 2. The Hall–Kier alpha value is -2.45. The second-order valence-electron chi connectivity index (χ2n) is 7.79. The molecule has 0 radical (unpaired) electrons. The zero-order valence-electron chi connectivity index (χ0n) is 18.3. The van der Waals surface area contributed by atoms with Gasteiger partial charge < -0.3 is 9.73 Å². The summed E-state index contributed by atoms with van der Waals surface area (Å²) in [6, 6.07) is 12.4. The zero-order chi connectivity index (χ0) is 24.4. The largest absolute Gasteiger partial charge is 0.467 e. The van der Waals surface area contributed by atoms with Crippen LogP contribution in [0.25, 0.3) is 0 Å². The Labute approximate surface area is 216 Å². The van der Waals surface area contributed by atoms with Crippen LogP contribution in [0, 0.1) is 13.8 Å². The molecule has 34 heavy (non-hydrogen) atoms. The molecule has 0 saturated carbocycles. The van der Waals surface area contributed by atoms with Crippen molar-refractivity contribution in [3.05, 3.63) is 80.7 Å². The van der Waals surface area contributed by atoms with E-state index in [4.69, 9.17) is 44.2 Å². The normalized spacial score (nSPS) is 17.0. The van der Waals surface area contributed by atoms with E-state index in [9.17, 15) is 9.59 Å². The van der Waals surface area contributed by atoms with Gasteiger partial charge in [0.1, 0.15) is 11.0 Å². The standard InChI is InChI=1S/C24H20Cl3N3O3S/c1-13-5-6-14(2)19(8-13)29-24-30(12-15-4-3-7-33-15)23(32)21(34-24)11-22(31)28-20-10-17(26)16(25)9-18(20)27/h3-10,21H,11-12H2,1-2H3,(H,28,31). The third-order valence-corrected chi connectivity index (χ3v) is 7.36. The molecule has 1 fully saturated rings. The SMILES string of the molecule is Cc1ccc(C)c(N=C2SC(CC(=O)Nc3cc(Cl)c(Cl)cc3Cl)C(=O)N2Cc2ccco2)c1. The van der Waals surface area contributed by atoms with E-state index in [0.717, 1.165) is 16.8 Å². The smallest absolute Gasteiger partial charge is 0.243 e. The van der Waals surface area contributed by atoms with Crippen LogP contribution in [0.5, 0.6) is 0 Å². The highest BCUT2D eigenvalue weighted by Crippen LogP contribution is 2.35. The van der Waals surface area contributed by atoms with Crippen LogP contribution >= 0.6 is 46.6 Å². The first-order valence-corrected chi connectivity index (χ1v) is 12.3. The van der Waals surface area contributed by atoms with Crippen LogP contribution in [0.1, 0.15) is 23.3 Å². The third kappa shape index (κ3) is 5.61. The van der Waals surface area contributed by atoms with Crippen LogP contribution in [-0.4, -0.2) is 27.1 Å². The van der Waals surface area contributed by atoms with Gasteiger partial charge in [-0.1, -0.05) is 58.7 Å². The first-order valence-electron chi connectivity index (χ1n) is 10.3. The predicted molar refractivity (Wildman–Crippen MR) is 138 cm³/mol. The number of halogens is 3. The monoisotopic (exact) mass is 535 g/mol. The van der Waals surface area contributed by atoms with Crippen LogP contribution in [-0.2, 0) is 16.1 Å². The minimum atomic E-state index is -0.652. The number of amides is 2. The summed E-state index contributed by atoms with van der Waals surface area (Å²) in [5, 5.41) is 3.38. The van der Waals surface area contributed by atoms with Crippen LogP contribution in [0.2, 0.25) is 15.1 Å². The van der Waals surface area contributed by atoms with Gasteiger partial charge in [-0.05, 0) is 55.3 Å². The van der Waals surface area contributed by atoms with Gasteiger partial charge in [-0.3, -0.25) is 14.5 Å². The number of anilines is 1. The Morgan fingerprint density at radius 3 is 2.62 bits per heavy atom. The number of rotatable bonds is 6. The lowest BCUT2D eigenvalue weighted by Crippen LogP contribution is -2.33. The Balaban J connectivity index is 1.57. The molecule has 0 aliphatic carbocycles. The summed E-state index contributed by atoms with van der Waals surface area (Å²) in [7, 11) is 0. The summed E-state index contributed by atoms with van der Waals surface area (Å²) in [4.78, 5) is 32.4. The molecule has 4 rings (SSSR count). The lowest BCUT2D eigenvalue weighted by Gasteiger charge is -2.15. The fourth-order valence-electron chi connectivity index (χ4n) is 3.36. The van der Waals surface area contributed by atoms with Crippen molar-refractivity contribution in [3.8, 4) is 0 Å². The zero-order valence-corrected chi connectivity index (χ0v) is 21.4. The number of carbonyl (C=O) groups excluding carboxylic acids is 2. The number of hydrogen-bond acceptors (Lipinski definition) is 5. The molecule has 1 saturated heterocycles. The van der Waals surface area contributed by atoms with E-state index in [-0.39, 0.29) is 39.8 Å². The summed E-state index contributed by atoms with van der Waals surface area (Å²) < 4.78 is 5.44. The molecular formula is C24H20Cl3N3O3S. The minimum absolute atomic E-state index is 0.0689. The summed E-state index contributed by atoms with van der Waals surface area (Å²) in [6.07, 6.45) is 1.48. The van der Waals surface area contributed by atoms with Gasteiger partial charge in [0.05, 0.1) is 39.3 Å². The van der Waals surface area contributed by atoms with E-state index in [0.29, 0.717) is 16.6 Å². The maximum atomic E-state index is 13.3. The van der Waals surface area contributed by atoms with Crippen LogP contribution in [0.15, 0.2) is 58.1 Å². The van der Waals surface area contributed by atoms with Crippen molar-refractivity contribution in [1.29, 1.82) is 0 Å². The third-order valence-electron chi connectivity index (χ3n) is 5.15. The summed E-state index contributed by atoms with van der Waals surface area (Å²) in [5.74, 6) is 0.0215. The molecule has 3 aromatic rings. The molecular weight excluding hydrogens is 517 g/mol. The van der Waals surface area contributed by atoms with Crippen LogP contribution in [0.3, 0.4) is 0 Å². The molecule has 1 atom stereocenters. The number of carbonyl (C=O) groups is 2. The van der Waals surface area contributed by atoms with Gasteiger partial charge in [-0.15, -0.1) is 0 Å². The van der Waals surface area contributed by atoms with E-state index >= 15 is 0 Å². The van der Waals surface area contributed by atoms with Gasteiger partial charge in [0.15, 0.2) is 5.17 Å². The van der Waals surface area contributed by atoms with E-state index < -0.39 is 5.25 Å². The highest BCUT2D eigenvalue weighted by Gasteiger charge is 2.39. The second kappa shape index (κ2) is 10.4. The molecule has 1 unspecified atom stereocenters. The molecule has 2 amide bonds. The van der Waals surface area contributed by atoms with Gasteiger partial charge in [0.25, 0.3) is 0 Å². The maximum Gasteiger partial charge on any atom is 0.243 e. The van der Waals surface area contributed by atoms with Crippen molar-refractivity contribution in [2.75, 3.05) is 5.32 Å². The van der Waals surface area contributed by atoms with Crippen molar-refractivity contribution < 1.29 is 14.0 Å².